The molecule has 0 aliphatic heterocycles. The summed E-state index contributed by atoms with van der Waals surface area (Å²) in [4.78, 5) is 11.8. The van der Waals surface area contributed by atoms with Crippen molar-refractivity contribution in [3.63, 3.8) is 0 Å². The molecule has 102 valence electrons. The van der Waals surface area contributed by atoms with E-state index in [0.717, 1.165) is 6.42 Å². The lowest BCUT2D eigenvalue weighted by molar-refractivity contribution is -0.894. The molecule has 0 aromatic rings. The zero-order valence-electron chi connectivity index (χ0n) is 11.7. The molecule has 0 aliphatic rings. The van der Waals surface area contributed by atoms with E-state index in [1.54, 1.807) is 0 Å². The van der Waals surface area contributed by atoms with E-state index in [9.17, 15) is 4.79 Å². The van der Waals surface area contributed by atoms with Gasteiger partial charge in [0.2, 0.25) is 12.2 Å². The molecule has 0 bridgehead atoms. The second-order valence-electron chi connectivity index (χ2n) is 5.82. The van der Waals surface area contributed by atoms with Crippen LogP contribution >= 0.6 is 0 Å². The topological polar surface area (TPSA) is 69.6 Å². The molecule has 0 atom stereocenters. The van der Waals surface area contributed by atoms with E-state index < -0.39 is 6.29 Å². The number of amides is 1. The van der Waals surface area contributed by atoms with E-state index in [-0.39, 0.29) is 17.9 Å². The Kier molecular flexibility index (Phi) is 6.09. The fourth-order valence-electron chi connectivity index (χ4n) is 1.41. The molecule has 0 heterocycles. The first kappa shape index (κ1) is 16.4. The fraction of sp³-hybridized carbons (Fsp3) is 0.917. The number of hydrogen-bond donors (Lipinski definition) is 3. The molecule has 0 spiro atoms. The van der Waals surface area contributed by atoms with Gasteiger partial charge in [0.05, 0.1) is 27.2 Å². The highest BCUT2D eigenvalue weighted by molar-refractivity contribution is 5.81. The number of hydrogen-bond acceptors (Lipinski definition) is 3. The van der Waals surface area contributed by atoms with Crippen molar-refractivity contribution in [3.8, 4) is 0 Å². The van der Waals surface area contributed by atoms with Gasteiger partial charge in [-0.3, -0.25) is 4.79 Å². The third kappa shape index (κ3) is 6.61. The molecule has 0 saturated heterocycles. The normalized spacial score (nSPS) is 12.9. The number of likely N-dealkylation sites (N-methyl/N-ethyl adjacent to an activating group) is 1. The van der Waals surface area contributed by atoms with Crippen LogP contribution in [-0.4, -0.2) is 60.6 Å². The zero-order valence-corrected chi connectivity index (χ0v) is 11.7. The molecule has 3 N–H and O–H groups in total. The SMILES string of the molecule is CCC(C)(C)C(=O)NCC[N+](C)(C)CC(O)O. The van der Waals surface area contributed by atoms with Crippen LogP contribution in [0.3, 0.4) is 0 Å². The molecule has 0 aliphatic carbocycles. The smallest absolute Gasteiger partial charge is 0.225 e. The number of aliphatic hydroxyl groups excluding tert-OH is 1. The quantitative estimate of drug-likeness (QED) is 0.435. The Balaban J connectivity index is 4.03. The molecule has 0 unspecified atom stereocenters. The Morgan fingerprint density at radius 3 is 2.29 bits per heavy atom. The maximum atomic E-state index is 11.8. The highest BCUT2D eigenvalue weighted by Crippen LogP contribution is 2.19. The maximum Gasteiger partial charge on any atom is 0.225 e. The Morgan fingerprint density at radius 2 is 1.88 bits per heavy atom. The van der Waals surface area contributed by atoms with Crippen molar-refractivity contribution >= 4 is 5.91 Å². The maximum absolute atomic E-state index is 11.8. The van der Waals surface area contributed by atoms with Crippen LogP contribution in [0.2, 0.25) is 0 Å². The minimum absolute atomic E-state index is 0.0459. The van der Waals surface area contributed by atoms with Crippen LogP contribution in [0.4, 0.5) is 0 Å². The Labute approximate surface area is 104 Å². The summed E-state index contributed by atoms with van der Waals surface area (Å²) in [7, 11) is 3.80. The average Bonchev–Trinajstić information content (AvgIpc) is 2.15. The van der Waals surface area contributed by atoms with Crippen LogP contribution in [-0.2, 0) is 4.79 Å². The van der Waals surface area contributed by atoms with Gasteiger partial charge in [-0.25, -0.2) is 0 Å². The molecule has 5 heteroatoms. The molecule has 0 aromatic heterocycles. The van der Waals surface area contributed by atoms with E-state index in [2.05, 4.69) is 5.32 Å². The van der Waals surface area contributed by atoms with Gasteiger partial charge in [0.15, 0.2) is 0 Å². The number of aliphatic hydroxyl groups is 2. The van der Waals surface area contributed by atoms with Crippen LogP contribution in [0.15, 0.2) is 0 Å². The van der Waals surface area contributed by atoms with Gasteiger partial charge in [-0.15, -0.1) is 0 Å². The summed E-state index contributed by atoms with van der Waals surface area (Å²) in [6, 6.07) is 0. The Morgan fingerprint density at radius 1 is 1.35 bits per heavy atom. The summed E-state index contributed by atoms with van der Waals surface area (Å²) in [6.07, 6.45) is -0.514. The molecule has 1 amide bonds. The van der Waals surface area contributed by atoms with Crippen molar-refractivity contribution < 1.29 is 19.5 Å². The lowest BCUT2D eigenvalue weighted by Crippen LogP contribution is -2.50. The Bertz CT molecular complexity index is 250. The molecule has 0 rings (SSSR count). The first-order chi connectivity index (χ1) is 7.60. The van der Waals surface area contributed by atoms with E-state index in [1.807, 2.05) is 34.9 Å². The predicted octanol–water partition coefficient (Wildman–Crippen LogP) is -0.0741. The molecule has 5 nitrogen and oxygen atoms in total. The summed E-state index contributed by atoms with van der Waals surface area (Å²) in [5.41, 5.74) is -0.340. The van der Waals surface area contributed by atoms with Gasteiger partial charge in [0, 0.05) is 5.41 Å². The van der Waals surface area contributed by atoms with Gasteiger partial charge >= 0.3 is 0 Å². The van der Waals surface area contributed by atoms with Crippen molar-refractivity contribution in [2.45, 2.75) is 33.5 Å². The summed E-state index contributed by atoms with van der Waals surface area (Å²) in [5, 5.41) is 20.7. The van der Waals surface area contributed by atoms with Gasteiger partial charge in [0.1, 0.15) is 6.54 Å². The van der Waals surface area contributed by atoms with Gasteiger partial charge in [-0.1, -0.05) is 20.8 Å². The lowest BCUT2D eigenvalue weighted by Gasteiger charge is -2.31. The van der Waals surface area contributed by atoms with Gasteiger partial charge in [-0.05, 0) is 6.42 Å². The summed E-state index contributed by atoms with van der Waals surface area (Å²) in [5.74, 6) is 0.0459. The van der Waals surface area contributed by atoms with Crippen molar-refractivity contribution in [3.05, 3.63) is 0 Å². The highest BCUT2D eigenvalue weighted by atomic mass is 16.5. The fourth-order valence-corrected chi connectivity index (χ4v) is 1.41. The number of carbonyl (C=O) groups excluding carboxylic acids is 1. The number of carbonyl (C=O) groups is 1. The highest BCUT2D eigenvalue weighted by Gasteiger charge is 2.26. The molecule has 0 fully saturated rings. The van der Waals surface area contributed by atoms with Crippen molar-refractivity contribution in [1.82, 2.24) is 5.32 Å². The molecule has 0 aromatic carbocycles. The number of quaternary nitrogens is 1. The molecule has 17 heavy (non-hydrogen) atoms. The third-order valence-electron chi connectivity index (χ3n) is 3.16. The van der Waals surface area contributed by atoms with Crippen LogP contribution < -0.4 is 5.32 Å². The first-order valence-corrected chi connectivity index (χ1v) is 6.07. The first-order valence-electron chi connectivity index (χ1n) is 6.07. The van der Waals surface area contributed by atoms with E-state index in [4.69, 9.17) is 10.2 Å². The van der Waals surface area contributed by atoms with Gasteiger partial charge in [0.25, 0.3) is 0 Å². The molecular formula is C12H27N2O3+. The predicted molar refractivity (Wildman–Crippen MR) is 67.1 cm³/mol. The zero-order chi connectivity index (χ0) is 13.7. The van der Waals surface area contributed by atoms with E-state index >= 15 is 0 Å². The summed E-state index contributed by atoms with van der Waals surface area (Å²) >= 11 is 0. The van der Waals surface area contributed by atoms with Crippen molar-refractivity contribution in [1.29, 1.82) is 0 Å². The molecular weight excluding hydrogens is 220 g/mol. The average molecular weight is 247 g/mol. The van der Waals surface area contributed by atoms with E-state index in [1.165, 1.54) is 0 Å². The number of rotatable bonds is 7. The van der Waals surface area contributed by atoms with Crippen molar-refractivity contribution in [2.75, 3.05) is 33.7 Å². The standard InChI is InChI=1S/C12H26N2O3/c1-6-12(2,3)11(17)13-7-8-14(4,5)9-10(15)16/h10,15-16H,6-9H2,1-5H3/p+1. The van der Waals surface area contributed by atoms with Crippen LogP contribution in [0.5, 0.6) is 0 Å². The second-order valence-corrected chi connectivity index (χ2v) is 5.82. The number of nitrogens with one attached hydrogen (secondary N) is 1. The summed E-state index contributed by atoms with van der Waals surface area (Å²) in [6.45, 7) is 7.29. The summed E-state index contributed by atoms with van der Waals surface area (Å²) < 4.78 is 0.463. The van der Waals surface area contributed by atoms with Crippen molar-refractivity contribution in [2.24, 2.45) is 5.41 Å². The van der Waals surface area contributed by atoms with Crippen LogP contribution in [0, 0.1) is 5.41 Å². The third-order valence-corrected chi connectivity index (χ3v) is 3.16. The van der Waals surface area contributed by atoms with E-state index in [0.29, 0.717) is 17.6 Å². The Hall–Kier alpha value is -0.650. The minimum atomic E-state index is -1.31. The number of nitrogens with zero attached hydrogens (tertiary/aromatic N) is 1. The van der Waals surface area contributed by atoms with Crippen LogP contribution in [0.1, 0.15) is 27.2 Å². The lowest BCUT2D eigenvalue weighted by atomic mass is 9.89. The second kappa shape index (κ2) is 6.33. The monoisotopic (exact) mass is 247 g/mol. The largest absolute Gasteiger partial charge is 0.364 e. The molecule has 0 saturated carbocycles. The minimum Gasteiger partial charge on any atom is -0.364 e. The van der Waals surface area contributed by atoms with Crippen LogP contribution in [0.25, 0.3) is 0 Å². The molecule has 0 radical (unpaired) electrons. The van der Waals surface area contributed by atoms with Gasteiger partial charge in [-0.2, -0.15) is 0 Å². The van der Waals surface area contributed by atoms with Gasteiger partial charge < -0.3 is 20.0 Å².